The number of halogens is 1. The first-order valence-electron chi connectivity index (χ1n) is 4.80. The van der Waals surface area contributed by atoms with Gasteiger partial charge in [0.2, 0.25) is 0 Å². The summed E-state index contributed by atoms with van der Waals surface area (Å²) in [5, 5.41) is 8.87. The Morgan fingerprint density at radius 1 is 1.12 bits per heavy atom. The van der Waals surface area contributed by atoms with Crippen molar-refractivity contribution in [3.8, 4) is 5.69 Å². The minimum Gasteiger partial charge on any atom is -0.478 e. The summed E-state index contributed by atoms with van der Waals surface area (Å²) in [6.07, 6.45) is 1.33. The summed E-state index contributed by atoms with van der Waals surface area (Å²) in [7, 11) is 0. The number of rotatable bonds is 2. The molecule has 0 aliphatic carbocycles. The largest absolute Gasteiger partial charge is 0.478 e. The second-order valence-corrected chi connectivity index (χ2v) is 4.65. The average Bonchev–Trinajstić information content (AvgIpc) is 2.31. The van der Waals surface area contributed by atoms with Crippen LogP contribution in [0.1, 0.15) is 10.4 Å². The molecule has 0 fully saturated rings. The molecule has 5 heteroatoms. The fourth-order valence-corrected chi connectivity index (χ4v) is 1.78. The highest BCUT2D eigenvalue weighted by molar-refractivity contribution is 14.1. The van der Waals surface area contributed by atoms with Gasteiger partial charge in [-0.3, -0.25) is 9.36 Å². The van der Waals surface area contributed by atoms with Crippen molar-refractivity contribution in [1.82, 2.24) is 4.57 Å². The van der Waals surface area contributed by atoms with E-state index in [1.165, 1.54) is 22.9 Å². The molecular formula is C12H8INO3. The van der Waals surface area contributed by atoms with E-state index < -0.39 is 5.97 Å². The Bertz CT molecular complexity index is 616. The smallest absolute Gasteiger partial charge is 0.337 e. The molecule has 0 amide bonds. The molecule has 1 aromatic carbocycles. The Kier molecular flexibility index (Phi) is 3.28. The standard InChI is InChI=1S/C12H8INO3/c13-9-2-4-10(5-3-9)14-7-8(12(16)17)1-6-11(14)15/h1-7H,(H,16,17). The number of carbonyl (C=O) groups is 1. The fourth-order valence-electron chi connectivity index (χ4n) is 1.42. The zero-order valence-corrected chi connectivity index (χ0v) is 10.8. The lowest BCUT2D eigenvalue weighted by Crippen LogP contribution is -2.18. The van der Waals surface area contributed by atoms with Crippen molar-refractivity contribution in [2.24, 2.45) is 0 Å². The first-order chi connectivity index (χ1) is 8.08. The quantitative estimate of drug-likeness (QED) is 0.852. The molecule has 1 aromatic heterocycles. The lowest BCUT2D eigenvalue weighted by atomic mass is 10.2. The van der Waals surface area contributed by atoms with Crippen LogP contribution in [0.25, 0.3) is 5.69 Å². The van der Waals surface area contributed by atoms with Crippen LogP contribution in [0.4, 0.5) is 0 Å². The van der Waals surface area contributed by atoms with Crippen LogP contribution in [0.5, 0.6) is 0 Å². The molecule has 17 heavy (non-hydrogen) atoms. The Morgan fingerprint density at radius 3 is 2.35 bits per heavy atom. The van der Waals surface area contributed by atoms with E-state index in [9.17, 15) is 9.59 Å². The number of hydrogen-bond donors (Lipinski definition) is 1. The number of nitrogens with zero attached hydrogens (tertiary/aromatic N) is 1. The maximum atomic E-state index is 11.6. The van der Waals surface area contributed by atoms with Crippen LogP contribution in [-0.4, -0.2) is 15.6 Å². The molecule has 0 radical (unpaired) electrons. The zero-order valence-electron chi connectivity index (χ0n) is 8.63. The van der Waals surface area contributed by atoms with E-state index in [-0.39, 0.29) is 11.1 Å². The van der Waals surface area contributed by atoms with Gasteiger partial charge in [-0.25, -0.2) is 4.79 Å². The molecule has 2 aromatic rings. The van der Waals surface area contributed by atoms with Crippen LogP contribution in [-0.2, 0) is 0 Å². The van der Waals surface area contributed by atoms with Crippen molar-refractivity contribution in [3.63, 3.8) is 0 Å². The zero-order chi connectivity index (χ0) is 12.4. The van der Waals surface area contributed by atoms with E-state index in [4.69, 9.17) is 5.11 Å². The number of benzene rings is 1. The molecule has 0 saturated carbocycles. The van der Waals surface area contributed by atoms with Crippen LogP contribution < -0.4 is 5.56 Å². The van der Waals surface area contributed by atoms with Gasteiger partial charge in [0.25, 0.3) is 5.56 Å². The molecule has 0 saturated heterocycles. The van der Waals surface area contributed by atoms with Gasteiger partial charge >= 0.3 is 5.97 Å². The van der Waals surface area contributed by atoms with Crippen molar-refractivity contribution in [3.05, 3.63) is 62.1 Å². The number of aromatic carboxylic acids is 1. The van der Waals surface area contributed by atoms with E-state index in [2.05, 4.69) is 22.6 Å². The molecule has 0 aliphatic heterocycles. The third-order valence-corrected chi connectivity index (χ3v) is 2.98. The summed E-state index contributed by atoms with van der Waals surface area (Å²) in [6, 6.07) is 9.81. The normalized spacial score (nSPS) is 10.2. The molecule has 0 unspecified atom stereocenters. The van der Waals surface area contributed by atoms with Crippen molar-refractivity contribution >= 4 is 28.6 Å². The monoisotopic (exact) mass is 341 g/mol. The highest BCUT2D eigenvalue weighted by atomic mass is 127. The summed E-state index contributed by atoms with van der Waals surface area (Å²) in [4.78, 5) is 22.5. The molecule has 1 heterocycles. The van der Waals surface area contributed by atoms with Crippen LogP contribution in [0.2, 0.25) is 0 Å². The van der Waals surface area contributed by atoms with Crippen LogP contribution in [0, 0.1) is 3.57 Å². The lowest BCUT2D eigenvalue weighted by Gasteiger charge is -2.06. The van der Waals surface area contributed by atoms with Gasteiger partial charge in [-0.15, -0.1) is 0 Å². The van der Waals surface area contributed by atoms with Crippen molar-refractivity contribution < 1.29 is 9.90 Å². The van der Waals surface area contributed by atoms with Gasteiger partial charge in [0.15, 0.2) is 0 Å². The van der Waals surface area contributed by atoms with Gasteiger partial charge in [-0.2, -0.15) is 0 Å². The number of carboxylic acid groups (broad SMARTS) is 1. The number of pyridine rings is 1. The maximum absolute atomic E-state index is 11.6. The van der Waals surface area contributed by atoms with Crippen molar-refractivity contribution in [1.29, 1.82) is 0 Å². The first-order valence-corrected chi connectivity index (χ1v) is 5.88. The number of hydrogen-bond acceptors (Lipinski definition) is 2. The second kappa shape index (κ2) is 4.70. The summed E-state index contributed by atoms with van der Waals surface area (Å²) < 4.78 is 2.37. The Morgan fingerprint density at radius 2 is 1.76 bits per heavy atom. The minimum absolute atomic E-state index is 0.0863. The predicted octanol–water partition coefficient (Wildman–Crippen LogP) is 2.14. The van der Waals surface area contributed by atoms with E-state index in [1.54, 1.807) is 12.1 Å². The molecule has 2 rings (SSSR count). The van der Waals surface area contributed by atoms with Gasteiger partial charge < -0.3 is 5.11 Å². The highest BCUT2D eigenvalue weighted by Gasteiger charge is 2.06. The molecular weight excluding hydrogens is 333 g/mol. The Labute approximate surface area is 111 Å². The first kappa shape index (κ1) is 11.8. The number of carboxylic acids is 1. The van der Waals surface area contributed by atoms with Gasteiger partial charge in [0.05, 0.1) is 5.56 Å². The minimum atomic E-state index is -1.05. The second-order valence-electron chi connectivity index (χ2n) is 3.41. The average molecular weight is 341 g/mol. The third kappa shape index (κ3) is 2.55. The van der Waals surface area contributed by atoms with Crippen LogP contribution in [0.15, 0.2) is 47.4 Å². The topological polar surface area (TPSA) is 59.3 Å². The highest BCUT2D eigenvalue weighted by Crippen LogP contribution is 2.10. The molecule has 4 nitrogen and oxygen atoms in total. The van der Waals surface area contributed by atoms with Crippen molar-refractivity contribution in [2.75, 3.05) is 0 Å². The summed E-state index contributed by atoms with van der Waals surface area (Å²) in [5.41, 5.74) is 0.484. The lowest BCUT2D eigenvalue weighted by molar-refractivity contribution is 0.0696. The summed E-state index contributed by atoms with van der Waals surface area (Å²) in [6.45, 7) is 0. The van der Waals surface area contributed by atoms with Crippen molar-refractivity contribution in [2.45, 2.75) is 0 Å². The summed E-state index contributed by atoms with van der Waals surface area (Å²) in [5.74, 6) is -1.05. The summed E-state index contributed by atoms with van der Waals surface area (Å²) >= 11 is 2.16. The van der Waals surface area contributed by atoms with Gasteiger partial charge in [-0.1, -0.05) is 0 Å². The van der Waals surface area contributed by atoms with Crippen LogP contribution in [0.3, 0.4) is 0 Å². The third-order valence-electron chi connectivity index (χ3n) is 2.26. The molecule has 0 aliphatic rings. The predicted molar refractivity (Wildman–Crippen MR) is 71.7 cm³/mol. The number of aromatic nitrogens is 1. The SMILES string of the molecule is O=C(O)c1ccc(=O)n(-c2ccc(I)cc2)c1. The molecule has 0 spiro atoms. The van der Waals surface area contributed by atoms with Gasteiger partial charge in [-0.05, 0) is 52.9 Å². The maximum Gasteiger partial charge on any atom is 0.337 e. The van der Waals surface area contributed by atoms with E-state index in [0.717, 1.165) is 3.57 Å². The molecule has 0 atom stereocenters. The van der Waals surface area contributed by atoms with E-state index in [0.29, 0.717) is 5.69 Å². The fraction of sp³-hybridized carbons (Fsp3) is 0. The van der Waals surface area contributed by atoms with Gasteiger partial charge in [0, 0.05) is 21.5 Å². The van der Waals surface area contributed by atoms with Gasteiger partial charge in [0.1, 0.15) is 0 Å². The van der Waals surface area contributed by atoms with E-state index in [1.807, 2.05) is 12.1 Å². The Balaban J connectivity index is 2.58. The van der Waals surface area contributed by atoms with E-state index >= 15 is 0 Å². The molecule has 1 N–H and O–H groups in total. The molecule has 86 valence electrons. The Hall–Kier alpha value is -1.63. The van der Waals surface area contributed by atoms with Crippen LogP contribution >= 0.6 is 22.6 Å². The molecule has 0 bridgehead atoms.